The molecule has 1 aromatic heterocycles. The minimum absolute atomic E-state index is 0.122. The summed E-state index contributed by atoms with van der Waals surface area (Å²) in [6.45, 7) is 4.02. The van der Waals surface area contributed by atoms with E-state index in [-0.39, 0.29) is 30.1 Å². The smallest absolute Gasteiger partial charge is 0.234 e. The number of piperazine rings is 1. The number of carbonyl (C=O) groups is 2. The van der Waals surface area contributed by atoms with Gasteiger partial charge in [-0.3, -0.25) is 14.5 Å². The second-order valence-electron chi connectivity index (χ2n) is 8.05. The van der Waals surface area contributed by atoms with E-state index >= 15 is 0 Å². The van der Waals surface area contributed by atoms with Gasteiger partial charge in [0, 0.05) is 36.6 Å². The SMILES string of the molecule is CC(=O)c1ccc(N2CCN(CC(=O)NC(c3ccc(F)cc3)c3cccs3)CC2)c(F)c1. The number of amides is 1. The maximum Gasteiger partial charge on any atom is 0.234 e. The van der Waals surface area contributed by atoms with E-state index in [0.29, 0.717) is 37.4 Å². The number of Topliss-reactive ketones (excluding diaryl/α,β-unsaturated/α-hetero) is 1. The second kappa shape index (κ2) is 10.2. The molecule has 2 heterocycles. The Kier molecular flexibility index (Phi) is 7.15. The first-order valence-electron chi connectivity index (χ1n) is 10.8. The van der Waals surface area contributed by atoms with Gasteiger partial charge in [0.25, 0.3) is 0 Å². The zero-order valence-corrected chi connectivity index (χ0v) is 19.1. The van der Waals surface area contributed by atoms with Gasteiger partial charge in [0.2, 0.25) is 5.91 Å². The highest BCUT2D eigenvalue weighted by Crippen LogP contribution is 2.26. The number of benzene rings is 2. The molecule has 1 fully saturated rings. The Morgan fingerprint density at radius 2 is 1.76 bits per heavy atom. The average Bonchev–Trinajstić information content (AvgIpc) is 3.33. The first kappa shape index (κ1) is 23.1. The number of anilines is 1. The van der Waals surface area contributed by atoms with Crippen molar-refractivity contribution in [3.05, 3.63) is 87.6 Å². The molecular weight excluding hydrogens is 444 g/mol. The quantitative estimate of drug-likeness (QED) is 0.526. The molecule has 0 bridgehead atoms. The summed E-state index contributed by atoms with van der Waals surface area (Å²) in [5, 5.41) is 5.02. The number of hydrogen-bond acceptors (Lipinski definition) is 5. The molecular formula is C25H25F2N3O2S. The largest absolute Gasteiger partial charge is 0.367 e. The third-order valence-corrected chi connectivity index (χ3v) is 6.71. The Bertz CT molecular complexity index is 1110. The zero-order valence-electron chi connectivity index (χ0n) is 18.3. The molecule has 172 valence electrons. The van der Waals surface area contributed by atoms with Crippen LogP contribution < -0.4 is 10.2 Å². The van der Waals surface area contributed by atoms with E-state index in [4.69, 9.17) is 0 Å². The van der Waals surface area contributed by atoms with E-state index in [1.165, 1.54) is 36.5 Å². The lowest BCUT2D eigenvalue weighted by Gasteiger charge is -2.36. The first-order chi connectivity index (χ1) is 15.9. The minimum Gasteiger partial charge on any atom is -0.367 e. The van der Waals surface area contributed by atoms with Crippen LogP contribution in [0.2, 0.25) is 0 Å². The van der Waals surface area contributed by atoms with Gasteiger partial charge in [-0.2, -0.15) is 0 Å². The Labute approximate surface area is 195 Å². The fraction of sp³-hybridized carbons (Fsp3) is 0.280. The van der Waals surface area contributed by atoms with E-state index in [1.54, 1.807) is 24.3 Å². The maximum atomic E-state index is 14.5. The lowest BCUT2D eigenvalue weighted by Crippen LogP contribution is -2.50. The molecule has 1 saturated heterocycles. The van der Waals surface area contributed by atoms with Crippen LogP contribution in [0.15, 0.2) is 60.0 Å². The van der Waals surface area contributed by atoms with Crippen molar-refractivity contribution in [2.75, 3.05) is 37.6 Å². The van der Waals surface area contributed by atoms with Crippen LogP contribution in [0.25, 0.3) is 0 Å². The highest BCUT2D eigenvalue weighted by molar-refractivity contribution is 7.10. The van der Waals surface area contributed by atoms with E-state index in [9.17, 15) is 18.4 Å². The Balaban J connectivity index is 1.35. The molecule has 8 heteroatoms. The topological polar surface area (TPSA) is 52.7 Å². The molecule has 5 nitrogen and oxygen atoms in total. The van der Waals surface area contributed by atoms with Crippen LogP contribution in [0.3, 0.4) is 0 Å². The molecule has 1 unspecified atom stereocenters. The second-order valence-corrected chi connectivity index (χ2v) is 9.03. The van der Waals surface area contributed by atoms with Crippen LogP contribution >= 0.6 is 11.3 Å². The summed E-state index contributed by atoms with van der Waals surface area (Å²) in [7, 11) is 0. The minimum atomic E-state index is -0.410. The van der Waals surface area contributed by atoms with Gasteiger partial charge in [-0.25, -0.2) is 8.78 Å². The molecule has 1 amide bonds. The molecule has 33 heavy (non-hydrogen) atoms. The fourth-order valence-electron chi connectivity index (χ4n) is 3.97. The Hall–Kier alpha value is -3.10. The monoisotopic (exact) mass is 469 g/mol. The standard InChI is InChI=1S/C25H25F2N3O2S/c1-17(31)19-6-9-22(21(27)15-19)30-12-10-29(11-13-30)16-24(32)28-25(23-3-2-14-33-23)18-4-7-20(26)8-5-18/h2-9,14-15,25H,10-13,16H2,1H3,(H,28,32). The molecule has 1 atom stereocenters. The number of hydrogen-bond donors (Lipinski definition) is 1. The van der Waals surface area contributed by atoms with Gasteiger partial charge >= 0.3 is 0 Å². The van der Waals surface area contributed by atoms with E-state index in [1.807, 2.05) is 27.3 Å². The molecule has 1 aliphatic rings. The number of carbonyl (C=O) groups excluding carboxylic acids is 2. The van der Waals surface area contributed by atoms with Crippen LogP contribution in [0.1, 0.15) is 33.8 Å². The maximum absolute atomic E-state index is 14.5. The third kappa shape index (κ3) is 5.64. The lowest BCUT2D eigenvalue weighted by molar-refractivity contribution is -0.122. The van der Waals surface area contributed by atoms with Crippen LogP contribution in [-0.2, 0) is 4.79 Å². The number of thiophene rings is 1. The van der Waals surface area contributed by atoms with Gasteiger partial charge < -0.3 is 10.2 Å². The van der Waals surface area contributed by atoms with Crippen molar-refractivity contribution >= 4 is 28.7 Å². The van der Waals surface area contributed by atoms with Crippen LogP contribution in [0.5, 0.6) is 0 Å². The summed E-state index contributed by atoms with van der Waals surface area (Å²) in [6, 6.07) is 14.2. The van der Waals surface area contributed by atoms with Crippen LogP contribution in [0.4, 0.5) is 14.5 Å². The van der Waals surface area contributed by atoms with Crippen molar-refractivity contribution in [3.63, 3.8) is 0 Å². The summed E-state index contributed by atoms with van der Waals surface area (Å²) in [5.74, 6) is -1.02. The average molecular weight is 470 g/mol. The molecule has 2 aromatic carbocycles. The molecule has 1 aliphatic heterocycles. The summed E-state index contributed by atoms with van der Waals surface area (Å²) in [6.07, 6.45) is 0. The molecule has 3 aromatic rings. The van der Waals surface area contributed by atoms with Crippen LogP contribution in [0, 0.1) is 11.6 Å². The van der Waals surface area contributed by atoms with Crippen LogP contribution in [-0.4, -0.2) is 49.3 Å². The first-order valence-corrected chi connectivity index (χ1v) is 11.6. The lowest BCUT2D eigenvalue weighted by atomic mass is 10.1. The predicted octanol–water partition coefficient (Wildman–Crippen LogP) is 4.26. The molecule has 0 aliphatic carbocycles. The Morgan fingerprint density at radius 3 is 2.36 bits per heavy atom. The number of nitrogens with one attached hydrogen (secondary N) is 1. The Morgan fingerprint density at radius 1 is 1.03 bits per heavy atom. The number of halogens is 2. The van der Waals surface area contributed by atoms with Gasteiger partial charge in [0.05, 0.1) is 18.3 Å². The number of nitrogens with zero attached hydrogens (tertiary/aromatic N) is 2. The summed E-state index contributed by atoms with van der Waals surface area (Å²) >= 11 is 1.53. The number of ketones is 1. The molecule has 0 spiro atoms. The van der Waals surface area contributed by atoms with Crippen molar-refractivity contribution in [2.45, 2.75) is 13.0 Å². The summed E-state index contributed by atoms with van der Waals surface area (Å²) in [4.78, 5) is 29.2. The van der Waals surface area contributed by atoms with Gasteiger partial charge in [0.15, 0.2) is 5.78 Å². The predicted molar refractivity (Wildman–Crippen MR) is 126 cm³/mol. The van der Waals surface area contributed by atoms with Gasteiger partial charge in [-0.05, 0) is 54.3 Å². The van der Waals surface area contributed by atoms with E-state index < -0.39 is 5.82 Å². The van der Waals surface area contributed by atoms with Crippen molar-refractivity contribution in [1.29, 1.82) is 0 Å². The van der Waals surface area contributed by atoms with Gasteiger partial charge in [-0.1, -0.05) is 18.2 Å². The molecule has 1 N–H and O–H groups in total. The van der Waals surface area contributed by atoms with Crippen molar-refractivity contribution in [3.8, 4) is 0 Å². The summed E-state index contributed by atoms with van der Waals surface area (Å²) < 4.78 is 27.8. The van der Waals surface area contributed by atoms with Crippen molar-refractivity contribution < 1.29 is 18.4 Å². The van der Waals surface area contributed by atoms with E-state index in [0.717, 1.165) is 10.4 Å². The van der Waals surface area contributed by atoms with Gasteiger partial charge in [-0.15, -0.1) is 11.3 Å². The van der Waals surface area contributed by atoms with Crippen molar-refractivity contribution in [1.82, 2.24) is 10.2 Å². The van der Waals surface area contributed by atoms with E-state index in [2.05, 4.69) is 5.32 Å². The highest BCUT2D eigenvalue weighted by Gasteiger charge is 2.24. The highest BCUT2D eigenvalue weighted by atomic mass is 32.1. The molecule has 4 rings (SSSR count). The van der Waals surface area contributed by atoms with Crippen molar-refractivity contribution in [2.24, 2.45) is 0 Å². The number of rotatable bonds is 7. The zero-order chi connectivity index (χ0) is 23.4. The van der Waals surface area contributed by atoms with Gasteiger partial charge in [0.1, 0.15) is 11.6 Å². The molecule has 0 saturated carbocycles. The molecule has 0 radical (unpaired) electrons. The summed E-state index contributed by atoms with van der Waals surface area (Å²) in [5.41, 5.74) is 1.65. The third-order valence-electron chi connectivity index (χ3n) is 5.77. The fourth-order valence-corrected chi connectivity index (χ4v) is 4.77. The normalized spacial score (nSPS) is 15.3.